The third-order valence-corrected chi connectivity index (χ3v) is 5.43. The minimum Gasteiger partial charge on any atom is -0.495 e. The van der Waals surface area contributed by atoms with Gasteiger partial charge in [-0.25, -0.2) is 0 Å². The number of rotatable bonds is 5. The van der Waals surface area contributed by atoms with E-state index in [2.05, 4.69) is 21.3 Å². The van der Waals surface area contributed by atoms with Gasteiger partial charge in [0.1, 0.15) is 5.75 Å². The van der Waals surface area contributed by atoms with Gasteiger partial charge in [0.2, 0.25) is 0 Å². The van der Waals surface area contributed by atoms with Crippen molar-refractivity contribution in [3.8, 4) is 5.75 Å². The van der Waals surface area contributed by atoms with E-state index < -0.39 is 24.0 Å². The molecule has 37 heavy (non-hydrogen) atoms. The maximum absolute atomic E-state index is 13.0. The third kappa shape index (κ3) is 9.01. The predicted molar refractivity (Wildman–Crippen MR) is 138 cm³/mol. The fourth-order valence-corrected chi connectivity index (χ4v) is 3.85. The van der Waals surface area contributed by atoms with Crippen molar-refractivity contribution in [3.63, 3.8) is 0 Å². The second kappa shape index (κ2) is 14.5. The quantitative estimate of drug-likeness (QED) is 0.455. The van der Waals surface area contributed by atoms with Crippen LogP contribution in [0, 0.1) is 6.92 Å². The molecule has 0 spiro atoms. The molecule has 0 fully saturated rings. The topological polar surface area (TPSA) is 144 Å². The number of fused-ring (bicyclic) bond motifs is 2. The van der Waals surface area contributed by atoms with Crippen LogP contribution in [0.15, 0.2) is 12.1 Å². The smallest absolute Gasteiger partial charge is 0.255 e. The second-order valence-electron chi connectivity index (χ2n) is 9.41. The molecule has 2 atom stereocenters. The first kappa shape index (κ1) is 30.0. The maximum atomic E-state index is 13.0. The van der Waals surface area contributed by atoms with Gasteiger partial charge in [0, 0.05) is 26.2 Å². The van der Waals surface area contributed by atoms with Gasteiger partial charge in [-0.1, -0.05) is 0 Å². The second-order valence-corrected chi connectivity index (χ2v) is 9.41. The molecule has 1 aromatic carbocycles. The van der Waals surface area contributed by atoms with Gasteiger partial charge < -0.3 is 35.5 Å². The maximum Gasteiger partial charge on any atom is 0.255 e. The molecule has 0 aliphatic carbocycles. The Bertz CT molecular complexity index is 893. The number of benzene rings is 1. The molecule has 0 radical (unpaired) electrons. The zero-order valence-electron chi connectivity index (χ0n) is 22.6. The zero-order chi connectivity index (χ0) is 27.5. The molecule has 1 aliphatic rings. The number of hydrogen-bond donors (Lipinski definition) is 4. The molecule has 4 amide bonds. The summed E-state index contributed by atoms with van der Waals surface area (Å²) in [6.07, 6.45) is -2.12. The predicted octanol–water partition coefficient (Wildman–Crippen LogP) is 1.08. The molecule has 0 aromatic heterocycles. The molecule has 0 saturated carbocycles. The summed E-state index contributed by atoms with van der Waals surface area (Å²) in [5.41, 5.74) is 1.23. The van der Waals surface area contributed by atoms with Crippen molar-refractivity contribution in [2.75, 3.05) is 33.3 Å². The Morgan fingerprint density at radius 2 is 1.08 bits per heavy atom. The van der Waals surface area contributed by atoms with Gasteiger partial charge in [-0.3, -0.25) is 19.2 Å². The number of amides is 4. The normalized spacial score (nSPS) is 20.8. The van der Waals surface area contributed by atoms with E-state index in [1.165, 1.54) is 7.11 Å². The van der Waals surface area contributed by atoms with Gasteiger partial charge in [-0.2, -0.15) is 0 Å². The largest absolute Gasteiger partial charge is 0.495 e. The van der Waals surface area contributed by atoms with Crippen molar-refractivity contribution >= 4 is 23.6 Å². The number of nitrogens with one attached hydrogen (secondary N) is 4. The van der Waals surface area contributed by atoms with Crippen molar-refractivity contribution in [1.82, 2.24) is 21.3 Å². The number of ether oxygens (including phenoxy) is 3. The first-order valence-electron chi connectivity index (χ1n) is 12.7. The van der Waals surface area contributed by atoms with E-state index in [-0.39, 0.29) is 67.1 Å². The van der Waals surface area contributed by atoms with Crippen LogP contribution in [0.1, 0.15) is 66.8 Å². The van der Waals surface area contributed by atoms with Crippen LogP contribution in [-0.4, -0.2) is 81.3 Å². The van der Waals surface area contributed by atoms with Crippen LogP contribution in [0.4, 0.5) is 0 Å². The van der Waals surface area contributed by atoms with E-state index >= 15 is 0 Å². The van der Waals surface area contributed by atoms with Crippen LogP contribution in [0.2, 0.25) is 0 Å². The lowest BCUT2D eigenvalue weighted by Gasteiger charge is -2.29. The number of hydrogen-bond acceptors (Lipinski definition) is 7. The molecule has 0 saturated heterocycles. The lowest BCUT2D eigenvalue weighted by atomic mass is 10.0. The summed E-state index contributed by atoms with van der Waals surface area (Å²) in [5, 5.41) is 11.2. The molecule has 0 unspecified atom stereocenters. The summed E-state index contributed by atoms with van der Waals surface area (Å²) >= 11 is 0. The Labute approximate surface area is 218 Å². The summed E-state index contributed by atoms with van der Waals surface area (Å²) in [4.78, 5) is 51.8. The molecule has 1 aromatic rings. The van der Waals surface area contributed by atoms with Crippen molar-refractivity contribution in [1.29, 1.82) is 0 Å². The molecule has 206 valence electrons. The first-order chi connectivity index (χ1) is 17.5. The third-order valence-electron chi connectivity index (χ3n) is 5.43. The van der Waals surface area contributed by atoms with Crippen LogP contribution in [-0.2, 0) is 19.1 Å². The molecule has 4 N–H and O–H groups in total. The Balaban J connectivity index is 2.29. The monoisotopic (exact) mass is 520 g/mol. The Kier molecular flexibility index (Phi) is 11.8. The Morgan fingerprint density at radius 1 is 0.703 bits per heavy atom. The fraction of sp³-hybridized carbons (Fsp3) is 0.615. The average Bonchev–Trinajstić information content (AvgIpc) is 2.83. The van der Waals surface area contributed by atoms with Gasteiger partial charge in [0.25, 0.3) is 23.6 Å². The highest BCUT2D eigenvalue weighted by Crippen LogP contribution is 2.26. The van der Waals surface area contributed by atoms with E-state index in [1.54, 1.807) is 46.8 Å². The lowest BCUT2D eigenvalue weighted by molar-refractivity contribution is -0.165. The van der Waals surface area contributed by atoms with E-state index in [9.17, 15) is 19.2 Å². The van der Waals surface area contributed by atoms with Crippen LogP contribution < -0.4 is 26.0 Å². The van der Waals surface area contributed by atoms with Crippen molar-refractivity contribution < 1.29 is 33.4 Å². The number of carbonyl (C=O) groups is 4. The summed E-state index contributed by atoms with van der Waals surface area (Å²) in [5.74, 6) is -1.55. The van der Waals surface area contributed by atoms with Gasteiger partial charge >= 0.3 is 0 Å². The molecule has 2 bridgehead atoms. The fourth-order valence-electron chi connectivity index (χ4n) is 3.85. The molecular formula is C26H40N4O7. The van der Waals surface area contributed by atoms with Gasteiger partial charge in [0.15, 0.2) is 12.2 Å². The summed E-state index contributed by atoms with van der Waals surface area (Å²) in [7, 11) is 1.41. The lowest BCUT2D eigenvalue weighted by Crippen LogP contribution is -2.54. The standard InChI is InChI=1S/C26H40N4O7/c1-15(2)36-21-22(37-16(3)4)26(34)30-12-8-10-28-24(32)19-14-17(5)13-18(20(19)35-6)23(31)27-9-7-11-29-25(21)33/h13-16,21-22H,7-12H2,1-6H3,(H,27,31)(H,28,32)(H,29,33)(H,30,34)/t21-,22-/m1/s1. The SMILES string of the molecule is COc1c2cc(C)cc1C(=O)NCCCNC(=O)[C@H](OC(C)C)[C@@H](OC(C)C)C(=O)NCCCNC2=O. The summed E-state index contributed by atoms with van der Waals surface area (Å²) in [6.45, 7) is 9.89. The Morgan fingerprint density at radius 3 is 1.43 bits per heavy atom. The highest BCUT2D eigenvalue weighted by Gasteiger charge is 2.37. The molecule has 1 aliphatic heterocycles. The molecule has 2 rings (SSSR count). The first-order valence-corrected chi connectivity index (χ1v) is 12.7. The highest BCUT2D eigenvalue weighted by molar-refractivity contribution is 6.04. The minimum atomic E-state index is -1.16. The van der Waals surface area contributed by atoms with Crippen molar-refractivity contribution in [2.45, 2.75) is 71.9 Å². The van der Waals surface area contributed by atoms with Crippen molar-refractivity contribution in [2.24, 2.45) is 0 Å². The zero-order valence-corrected chi connectivity index (χ0v) is 22.6. The summed E-state index contributed by atoms with van der Waals surface area (Å²) in [6, 6.07) is 3.32. The number of methoxy groups -OCH3 is 1. The minimum absolute atomic E-state index is 0.183. The van der Waals surface area contributed by atoms with Crippen LogP contribution in [0.25, 0.3) is 0 Å². The van der Waals surface area contributed by atoms with Gasteiger partial charge in [0.05, 0.1) is 30.4 Å². The molecule has 1 heterocycles. The number of carbonyl (C=O) groups excluding carboxylic acids is 4. The van der Waals surface area contributed by atoms with E-state index in [0.29, 0.717) is 12.8 Å². The van der Waals surface area contributed by atoms with E-state index in [1.807, 2.05) is 0 Å². The average molecular weight is 521 g/mol. The molecular weight excluding hydrogens is 480 g/mol. The molecule has 11 heteroatoms. The van der Waals surface area contributed by atoms with Gasteiger partial charge in [-0.15, -0.1) is 0 Å². The highest BCUT2D eigenvalue weighted by atomic mass is 16.6. The van der Waals surface area contributed by atoms with E-state index in [4.69, 9.17) is 14.2 Å². The number of aryl methyl sites for hydroxylation is 1. The van der Waals surface area contributed by atoms with Crippen LogP contribution >= 0.6 is 0 Å². The van der Waals surface area contributed by atoms with Gasteiger partial charge in [-0.05, 0) is 65.2 Å². The Hall–Kier alpha value is -3.18. The molecule has 11 nitrogen and oxygen atoms in total. The summed E-state index contributed by atoms with van der Waals surface area (Å²) < 4.78 is 17.0. The van der Waals surface area contributed by atoms with E-state index in [0.717, 1.165) is 5.56 Å². The van der Waals surface area contributed by atoms with Crippen molar-refractivity contribution in [3.05, 3.63) is 28.8 Å². The van der Waals surface area contributed by atoms with Crippen LogP contribution in [0.3, 0.4) is 0 Å². The van der Waals surface area contributed by atoms with Crippen LogP contribution in [0.5, 0.6) is 5.75 Å².